The Kier molecular flexibility index (Phi) is 5.58. The van der Waals surface area contributed by atoms with Crippen LogP contribution in [0.2, 0.25) is 5.02 Å². The van der Waals surface area contributed by atoms with E-state index in [1.165, 1.54) is 14.2 Å². The van der Waals surface area contributed by atoms with Gasteiger partial charge in [-0.15, -0.1) is 0 Å². The van der Waals surface area contributed by atoms with Gasteiger partial charge >= 0.3 is 6.09 Å². The fourth-order valence-electron chi connectivity index (χ4n) is 1.49. The summed E-state index contributed by atoms with van der Waals surface area (Å²) in [7, 11) is 4.39. The average Bonchev–Trinajstić information content (AvgIpc) is 2.39. The molecule has 1 aromatic carbocycles. The molecule has 0 aliphatic carbocycles. The third kappa shape index (κ3) is 3.43. The van der Waals surface area contributed by atoms with Crippen LogP contribution in [0.5, 0.6) is 11.5 Å². The lowest BCUT2D eigenvalue weighted by Gasteiger charge is -2.12. The Bertz CT molecular complexity index is 423. The van der Waals surface area contributed by atoms with Crippen molar-refractivity contribution in [3.05, 3.63) is 22.7 Å². The Balaban J connectivity index is 2.75. The summed E-state index contributed by atoms with van der Waals surface area (Å²) in [6, 6.07) is 3.61. The lowest BCUT2D eigenvalue weighted by molar-refractivity contribution is 0.171. The van der Waals surface area contributed by atoms with Gasteiger partial charge in [-0.3, -0.25) is 0 Å². The molecule has 0 aliphatic rings. The Morgan fingerprint density at radius 2 is 2.00 bits per heavy atom. The second-order valence-electron chi connectivity index (χ2n) is 3.44. The Hall–Kier alpha value is -1.62. The number of carbonyl (C=O) groups is 1. The van der Waals surface area contributed by atoms with E-state index in [4.69, 9.17) is 21.1 Å². The molecule has 0 heterocycles. The van der Waals surface area contributed by atoms with E-state index in [2.05, 4.69) is 10.1 Å². The van der Waals surface area contributed by atoms with Gasteiger partial charge in [0.05, 0.1) is 26.4 Å². The van der Waals surface area contributed by atoms with E-state index < -0.39 is 6.09 Å². The van der Waals surface area contributed by atoms with Gasteiger partial charge in [-0.25, -0.2) is 4.79 Å². The van der Waals surface area contributed by atoms with E-state index in [9.17, 15) is 4.79 Å². The smallest absolute Gasteiger partial charge is 0.406 e. The van der Waals surface area contributed by atoms with Crippen molar-refractivity contribution in [3.8, 4) is 11.5 Å². The van der Waals surface area contributed by atoms with Crippen molar-refractivity contribution in [3.63, 3.8) is 0 Å². The third-order valence-corrected chi connectivity index (χ3v) is 2.83. The molecule has 1 rings (SSSR count). The first-order valence-electron chi connectivity index (χ1n) is 5.35. The van der Waals surface area contributed by atoms with Crippen molar-refractivity contribution in [2.45, 2.75) is 6.42 Å². The molecule has 1 N–H and O–H groups in total. The van der Waals surface area contributed by atoms with Crippen LogP contribution in [0.3, 0.4) is 0 Å². The standard InChI is InChI=1S/C12H16ClNO4/c1-16-9-5-4-8(10(13)11(9)17-2)6-7-14-12(15)18-3/h4-5H,6-7H2,1-3H3,(H,14,15). The normalized spacial score (nSPS) is 9.78. The van der Waals surface area contributed by atoms with Gasteiger partial charge in [0, 0.05) is 6.54 Å². The van der Waals surface area contributed by atoms with Crippen molar-refractivity contribution < 1.29 is 19.0 Å². The summed E-state index contributed by atoms with van der Waals surface area (Å²) in [4.78, 5) is 10.9. The van der Waals surface area contributed by atoms with Crippen molar-refractivity contribution in [1.29, 1.82) is 0 Å². The fraction of sp³-hybridized carbons (Fsp3) is 0.417. The average molecular weight is 274 g/mol. The van der Waals surface area contributed by atoms with E-state index in [-0.39, 0.29) is 0 Å². The molecule has 0 spiro atoms. The van der Waals surface area contributed by atoms with Crippen LogP contribution < -0.4 is 14.8 Å². The van der Waals surface area contributed by atoms with E-state index in [0.717, 1.165) is 5.56 Å². The van der Waals surface area contributed by atoms with Crippen LogP contribution in [-0.4, -0.2) is 34.0 Å². The van der Waals surface area contributed by atoms with Gasteiger partial charge in [-0.05, 0) is 18.1 Å². The SMILES string of the molecule is COC(=O)NCCc1ccc(OC)c(OC)c1Cl. The summed E-state index contributed by atoms with van der Waals surface area (Å²) in [5, 5.41) is 3.07. The summed E-state index contributed by atoms with van der Waals surface area (Å²) < 4.78 is 14.8. The van der Waals surface area contributed by atoms with Crippen molar-refractivity contribution in [2.24, 2.45) is 0 Å². The van der Waals surface area contributed by atoms with E-state index in [1.807, 2.05) is 6.07 Å². The predicted molar refractivity (Wildman–Crippen MR) is 68.7 cm³/mol. The van der Waals surface area contributed by atoms with Gasteiger partial charge in [0.15, 0.2) is 11.5 Å². The highest BCUT2D eigenvalue weighted by molar-refractivity contribution is 6.33. The zero-order chi connectivity index (χ0) is 13.5. The van der Waals surface area contributed by atoms with Crippen LogP contribution in [0.25, 0.3) is 0 Å². The molecule has 5 nitrogen and oxygen atoms in total. The highest BCUT2D eigenvalue weighted by Gasteiger charge is 2.12. The van der Waals surface area contributed by atoms with Crippen molar-refractivity contribution in [1.82, 2.24) is 5.32 Å². The number of hydrogen-bond donors (Lipinski definition) is 1. The summed E-state index contributed by atoms with van der Waals surface area (Å²) >= 11 is 6.19. The van der Waals surface area contributed by atoms with Crippen LogP contribution in [0, 0.1) is 0 Å². The van der Waals surface area contributed by atoms with E-state index in [0.29, 0.717) is 29.5 Å². The molecule has 1 aromatic rings. The largest absolute Gasteiger partial charge is 0.493 e. The minimum Gasteiger partial charge on any atom is -0.493 e. The molecule has 100 valence electrons. The molecular formula is C12H16ClNO4. The van der Waals surface area contributed by atoms with E-state index in [1.54, 1.807) is 13.2 Å². The van der Waals surface area contributed by atoms with Gasteiger partial charge in [0.1, 0.15) is 0 Å². The highest BCUT2D eigenvalue weighted by Crippen LogP contribution is 2.37. The quantitative estimate of drug-likeness (QED) is 0.894. The molecule has 0 saturated heterocycles. The monoisotopic (exact) mass is 273 g/mol. The van der Waals surface area contributed by atoms with Gasteiger partial charge in [0.25, 0.3) is 0 Å². The Labute approximate surface area is 111 Å². The fourth-order valence-corrected chi connectivity index (χ4v) is 1.82. The first kappa shape index (κ1) is 14.4. The van der Waals surface area contributed by atoms with Crippen LogP contribution in [0.4, 0.5) is 4.79 Å². The zero-order valence-electron chi connectivity index (χ0n) is 10.6. The lowest BCUT2D eigenvalue weighted by atomic mass is 10.1. The number of halogens is 1. The highest BCUT2D eigenvalue weighted by atomic mass is 35.5. The maximum absolute atomic E-state index is 10.9. The molecule has 0 bridgehead atoms. The predicted octanol–water partition coefficient (Wildman–Crippen LogP) is 2.26. The topological polar surface area (TPSA) is 56.8 Å². The van der Waals surface area contributed by atoms with Crippen LogP contribution in [0.15, 0.2) is 12.1 Å². The molecule has 0 aliphatic heterocycles. The molecule has 0 aromatic heterocycles. The molecule has 18 heavy (non-hydrogen) atoms. The molecule has 0 unspecified atom stereocenters. The maximum atomic E-state index is 10.9. The van der Waals surface area contributed by atoms with Crippen molar-refractivity contribution in [2.75, 3.05) is 27.9 Å². The number of rotatable bonds is 5. The summed E-state index contributed by atoms with van der Waals surface area (Å²) in [5.41, 5.74) is 0.866. The number of ether oxygens (including phenoxy) is 3. The molecule has 6 heteroatoms. The molecule has 0 fully saturated rings. The van der Waals surface area contributed by atoms with Crippen LogP contribution in [-0.2, 0) is 11.2 Å². The molecule has 1 amide bonds. The lowest BCUT2D eigenvalue weighted by Crippen LogP contribution is -2.25. The minimum absolute atomic E-state index is 0.432. The molecule has 0 saturated carbocycles. The van der Waals surface area contributed by atoms with Gasteiger partial charge < -0.3 is 19.5 Å². The number of amides is 1. The van der Waals surface area contributed by atoms with Gasteiger partial charge in [-0.2, -0.15) is 0 Å². The van der Waals surface area contributed by atoms with Gasteiger partial charge in [0.2, 0.25) is 0 Å². The van der Waals surface area contributed by atoms with Crippen LogP contribution in [0.1, 0.15) is 5.56 Å². The summed E-state index contributed by atoms with van der Waals surface area (Å²) in [5.74, 6) is 1.07. The van der Waals surface area contributed by atoms with Gasteiger partial charge in [-0.1, -0.05) is 17.7 Å². The maximum Gasteiger partial charge on any atom is 0.406 e. The number of alkyl carbamates (subject to hydrolysis) is 1. The number of benzene rings is 1. The zero-order valence-corrected chi connectivity index (χ0v) is 11.3. The van der Waals surface area contributed by atoms with Crippen LogP contribution >= 0.6 is 11.6 Å². The number of hydrogen-bond acceptors (Lipinski definition) is 4. The third-order valence-electron chi connectivity index (χ3n) is 2.41. The second-order valence-corrected chi connectivity index (χ2v) is 3.82. The second kappa shape index (κ2) is 6.96. The number of nitrogens with one attached hydrogen (secondary N) is 1. The minimum atomic E-state index is -0.466. The molecular weight excluding hydrogens is 258 g/mol. The number of carbonyl (C=O) groups excluding carboxylic acids is 1. The molecule has 0 radical (unpaired) electrons. The first-order chi connectivity index (χ1) is 8.63. The Morgan fingerprint density at radius 1 is 1.28 bits per heavy atom. The first-order valence-corrected chi connectivity index (χ1v) is 5.73. The van der Waals surface area contributed by atoms with E-state index >= 15 is 0 Å². The summed E-state index contributed by atoms with van der Waals surface area (Å²) in [6.07, 6.45) is 0.112. The Morgan fingerprint density at radius 3 is 2.56 bits per heavy atom. The molecule has 0 atom stereocenters. The number of methoxy groups -OCH3 is 3. The summed E-state index contributed by atoms with van der Waals surface area (Å²) in [6.45, 7) is 0.432. The van der Waals surface area contributed by atoms with Crippen molar-refractivity contribution >= 4 is 17.7 Å².